The van der Waals surface area contributed by atoms with Gasteiger partial charge in [0.1, 0.15) is 0 Å². The zero-order chi connectivity index (χ0) is 37.5. The van der Waals surface area contributed by atoms with E-state index in [-0.39, 0.29) is 5.41 Å². The maximum atomic E-state index is 2.44. The van der Waals surface area contributed by atoms with Crippen molar-refractivity contribution in [2.24, 2.45) is 0 Å². The molecule has 1 aromatic heterocycles. The summed E-state index contributed by atoms with van der Waals surface area (Å²) < 4.78 is 2.39. The molecule has 266 valence electrons. The second-order valence-electron chi connectivity index (χ2n) is 14.6. The van der Waals surface area contributed by atoms with E-state index in [2.05, 4.69) is 217 Å². The van der Waals surface area contributed by atoms with E-state index < -0.39 is 0 Å². The van der Waals surface area contributed by atoms with Crippen LogP contribution < -0.4 is 4.90 Å². The molecule has 1 aliphatic carbocycles. The largest absolute Gasteiger partial charge is 0.310 e. The molecule has 0 bridgehead atoms. The van der Waals surface area contributed by atoms with E-state index in [0.717, 1.165) is 11.4 Å². The summed E-state index contributed by atoms with van der Waals surface area (Å²) in [7, 11) is 0. The highest BCUT2D eigenvalue weighted by atomic mass is 15.1. The second-order valence-corrected chi connectivity index (χ2v) is 14.6. The van der Waals surface area contributed by atoms with Crippen LogP contribution in [0, 0.1) is 0 Å². The number of benzene rings is 8. The molecule has 0 atom stereocenters. The normalized spacial score (nSPS) is 12.5. The molecule has 55 heavy (non-hydrogen) atoms. The zero-order valence-electron chi connectivity index (χ0n) is 31.9. The molecule has 2 nitrogen and oxygen atoms in total. The number of para-hydroxylation sites is 2. The Bertz CT molecular complexity index is 2770. The van der Waals surface area contributed by atoms with Gasteiger partial charge in [-0.15, -0.1) is 0 Å². The molecular weight excluding hydrogens is 665 g/mol. The van der Waals surface area contributed by atoms with Gasteiger partial charge in [0.25, 0.3) is 0 Å². The summed E-state index contributed by atoms with van der Waals surface area (Å²) in [6, 6.07) is 70.7. The van der Waals surface area contributed by atoms with E-state index in [9.17, 15) is 0 Å². The van der Waals surface area contributed by atoms with Crippen molar-refractivity contribution in [2.45, 2.75) is 33.1 Å². The highest BCUT2D eigenvalue weighted by Gasteiger charge is 2.37. The number of hydrogen-bond donors (Lipinski definition) is 0. The Kier molecular flexibility index (Phi) is 8.67. The lowest BCUT2D eigenvalue weighted by Gasteiger charge is -2.29. The number of hydrogen-bond acceptors (Lipinski definition) is 1. The van der Waals surface area contributed by atoms with E-state index >= 15 is 0 Å². The van der Waals surface area contributed by atoms with Crippen molar-refractivity contribution in [2.75, 3.05) is 4.90 Å². The smallest absolute Gasteiger partial charge is 0.0547 e. The van der Waals surface area contributed by atoms with Crippen molar-refractivity contribution in [1.82, 2.24) is 4.57 Å². The molecule has 0 aliphatic heterocycles. The second kappa shape index (κ2) is 14.0. The Balaban J connectivity index is 0.00000195. The summed E-state index contributed by atoms with van der Waals surface area (Å²) in [6.07, 6.45) is 0. The first-order chi connectivity index (χ1) is 27.1. The van der Waals surface area contributed by atoms with Crippen molar-refractivity contribution >= 4 is 38.9 Å². The Labute approximate surface area is 324 Å². The molecule has 1 heterocycles. The fraction of sp³-hybridized carbons (Fsp3) is 0.0943. The average molecular weight is 709 g/mol. The van der Waals surface area contributed by atoms with Crippen LogP contribution in [0.2, 0.25) is 0 Å². The Morgan fingerprint density at radius 1 is 0.418 bits per heavy atom. The van der Waals surface area contributed by atoms with Crippen LogP contribution in [-0.4, -0.2) is 4.57 Å². The number of nitrogens with zero attached hydrogens (tertiary/aromatic N) is 2. The van der Waals surface area contributed by atoms with E-state index in [4.69, 9.17) is 0 Å². The third-order valence-corrected chi connectivity index (χ3v) is 11.2. The molecule has 0 spiro atoms. The van der Waals surface area contributed by atoms with Gasteiger partial charge in [0.05, 0.1) is 16.7 Å². The molecule has 0 saturated heterocycles. The molecule has 10 rings (SSSR count). The molecule has 0 unspecified atom stereocenters. The van der Waals surface area contributed by atoms with Crippen LogP contribution in [0.15, 0.2) is 194 Å². The van der Waals surface area contributed by atoms with Crippen molar-refractivity contribution in [3.8, 4) is 39.1 Å². The van der Waals surface area contributed by atoms with Crippen LogP contribution in [-0.2, 0) is 5.41 Å². The third-order valence-electron chi connectivity index (χ3n) is 11.2. The Hall–Kier alpha value is -6.64. The predicted octanol–water partition coefficient (Wildman–Crippen LogP) is 14.9. The lowest BCUT2D eigenvalue weighted by atomic mass is 9.82. The summed E-state index contributed by atoms with van der Waals surface area (Å²) in [5.41, 5.74) is 17.1. The number of aromatic nitrogens is 1. The summed E-state index contributed by atoms with van der Waals surface area (Å²) in [5, 5.41) is 2.53. The van der Waals surface area contributed by atoms with Crippen LogP contribution in [0.3, 0.4) is 0 Å². The number of fused-ring (bicyclic) bond motifs is 6. The van der Waals surface area contributed by atoms with Gasteiger partial charge in [0.15, 0.2) is 0 Å². The maximum absolute atomic E-state index is 2.44. The van der Waals surface area contributed by atoms with Gasteiger partial charge in [-0.25, -0.2) is 0 Å². The molecule has 9 aromatic rings. The molecule has 0 N–H and O–H groups in total. The van der Waals surface area contributed by atoms with Gasteiger partial charge < -0.3 is 9.47 Å². The van der Waals surface area contributed by atoms with Gasteiger partial charge >= 0.3 is 0 Å². The minimum atomic E-state index is -0.0910. The van der Waals surface area contributed by atoms with Crippen LogP contribution in [0.1, 0.15) is 38.8 Å². The van der Waals surface area contributed by atoms with Gasteiger partial charge in [-0.3, -0.25) is 0 Å². The zero-order valence-corrected chi connectivity index (χ0v) is 31.9. The molecule has 2 heteroatoms. The number of rotatable bonds is 6. The summed E-state index contributed by atoms with van der Waals surface area (Å²) in [5.74, 6) is 0. The van der Waals surface area contributed by atoms with Crippen LogP contribution >= 0.6 is 0 Å². The van der Waals surface area contributed by atoms with Crippen LogP contribution in [0.5, 0.6) is 0 Å². The van der Waals surface area contributed by atoms with Crippen molar-refractivity contribution < 1.29 is 0 Å². The molecule has 0 saturated carbocycles. The van der Waals surface area contributed by atoms with Crippen molar-refractivity contribution in [1.29, 1.82) is 0 Å². The highest BCUT2D eigenvalue weighted by Crippen LogP contribution is 2.54. The summed E-state index contributed by atoms with van der Waals surface area (Å²) in [4.78, 5) is 2.44. The summed E-state index contributed by atoms with van der Waals surface area (Å²) in [6.45, 7) is 8.70. The Morgan fingerprint density at radius 2 is 0.945 bits per heavy atom. The quantitative estimate of drug-likeness (QED) is 0.167. The highest BCUT2D eigenvalue weighted by molar-refractivity contribution is 6.15. The van der Waals surface area contributed by atoms with Crippen LogP contribution in [0.25, 0.3) is 60.9 Å². The Morgan fingerprint density at radius 3 is 1.67 bits per heavy atom. The molecular formula is C53H44N2. The fourth-order valence-corrected chi connectivity index (χ4v) is 8.69. The monoisotopic (exact) mass is 708 g/mol. The minimum Gasteiger partial charge on any atom is -0.310 e. The average Bonchev–Trinajstić information content (AvgIpc) is 3.72. The lowest BCUT2D eigenvalue weighted by molar-refractivity contribution is 0.660. The SMILES string of the molecule is CC.CC1(C)c2ccccc2-c2c(N(c3ccc(-c4ccccc4)cc3)c3ccc(-c4cccc5c4c4ccccc4n5-c4ccccc4)cc3)cccc21. The molecule has 8 aromatic carbocycles. The summed E-state index contributed by atoms with van der Waals surface area (Å²) >= 11 is 0. The van der Waals surface area contributed by atoms with E-state index in [0.29, 0.717) is 0 Å². The maximum Gasteiger partial charge on any atom is 0.0547 e. The standard InChI is InChI=1S/C51H38N2.C2H6/c1-51(2)44-22-11-9-19-42(44)50-45(51)23-14-26-48(50)52(39-31-27-36(28-32-39)35-15-5-3-6-16-35)40-33-29-37(30-34-40)41-21-13-25-47-49(41)43-20-10-12-24-46(43)53(47)38-17-7-4-8-18-38;1-2/h3-34H,1-2H3;1-2H3. The van der Waals surface area contributed by atoms with Gasteiger partial charge in [-0.2, -0.15) is 0 Å². The molecule has 0 fully saturated rings. The van der Waals surface area contributed by atoms with Crippen molar-refractivity contribution in [3.63, 3.8) is 0 Å². The number of anilines is 3. The molecule has 1 aliphatic rings. The third kappa shape index (κ3) is 5.65. The molecule has 0 amide bonds. The lowest BCUT2D eigenvalue weighted by Crippen LogP contribution is -2.16. The first-order valence-electron chi connectivity index (χ1n) is 19.4. The minimum absolute atomic E-state index is 0.0910. The van der Waals surface area contributed by atoms with Crippen LogP contribution in [0.4, 0.5) is 17.1 Å². The van der Waals surface area contributed by atoms with Crippen molar-refractivity contribution in [3.05, 3.63) is 205 Å². The van der Waals surface area contributed by atoms with Gasteiger partial charge in [0.2, 0.25) is 0 Å². The first kappa shape index (κ1) is 34.1. The van der Waals surface area contributed by atoms with E-state index in [1.54, 1.807) is 0 Å². The molecule has 0 radical (unpaired) electrons. The van der Waals surface area contributed by atoms with E-state index in [1.165, 1.54) is 77.7 Å². The van der Waals surface area contributed by atoms with Gasteiger partial charge in [-0.05, 0) is 93.5 Å². The predicted molar refractivity (Wildman–Crippen MR) is 235 cm³/mol. The topological polar surface area (TPSA) is 8.17 Å². The van der Waals surface area contributed by atoms with Gasteiger partial charge in [-0.1, -0.05) is 167 Å². The fourth-order valence-electron chi connectivity index (χ4n) is 8.69. The first-order valence-corrected chi connectivity index (χ1v) is 19.4. The van der Waals surface area contributed by atoms with Gasteiger partial charge in [0, 0.05) is 38.8 Å². The van der Waals surface area contributed by atoms with E-state index in [1.807, 2.05) is 13.8 Å².